The summed E-state index contributed by atoms with van der Waals surface area (Å²) in [4.78, 5) is 4.47. The standard InChI is InChI=1S/C18H20N4O2S/c1-12-10-15(24-3)8-9-16(12)19-17-20-18(22-21-17)25-11-13-4-6-14(23-2)7-5-13/h4-10H,11H2,1-3H3,(H2,19,20,21,22). The van der Waals surface area contributed by atoms with Crippen LogP contribution >= 0.6 is 11.8 Å². The third-order valence-corrected chi connectivity index (χ3v) is 4.60. The highest BCUT2D eigenvalue weighted by atomic mass is 32.2. The van der Waals surface area contributed by atoms with E-state index in [9.17, 15) is 0 Å². The van der Waals surface area contributed by atoms with E-state index in [0.29, 0.717) is 11.1 Å². The van der Waals surface area contributed by atoms with Gasteiger partial charge in [0.1, 0.15) is 11.5 Å². The van der Waals surface area contributed by atoms with Gasteiger partial charge in [0.15, 0.2) is 0 Å². The molecule has 130 valence electrons. The summed E-state index contributed by atoms with van der Waals surface area (Å²) in [6, 6.07) is 13.8. The maximum absolute atomic E-state index is 5.22. The van der Waals surface area contributed by atoms with Crippen LogP contribution in [0.3, 0.4) is 0 Å². The lowest BCUT2D eigenvalue weighted by molar-refractivity contribution is 0.414. The molecule has 2 N–H and O–H groups in total. The van der Waals surface area contributed by atoms with Gasteiger partial charge in [-0.15, -0.1) is 5.10 Å². The second-order valence-electron chi connectivity index (χ2n) is 5.41. The van der Waals surface area contributed by atoms with E-state index in [1.165, 1.54) is 5.56 Å². The quantitative estimate of drug-likeness (QED) is 0.619. The number of nitrogens with one attached hydrogen (secondary N) is 2. The van der Waals surface area contributed by atoms with E-state index >= 15 is 0 Å². The molecule has 0 aliphatic carbocycles. The third kappa shape index (κ3) is 4.45. The highest BCUT2D eigenvalue weighted by molar-refractivity contribution is 7.98. The molecule has 0 aliphatic rings. The summed E-state index contributed by atoms with van der Waals surface area (Å²) in [6.07, 6.45) is 0. The number of aryl methyl sites for hydroxylation is 1. The van der Waals surface area contributed by atoms with Crippen molar-refractivity contribution in [3.8, 4) is 11.5 Å². The number of aromatic amines is 1. The molecule has 3 aromatic rings. The number of hydrogen-bond acceptors (Lipinski definition) is 6. The van der Waals surface area contributed by atoms with Crippen LogP contribution in [0.5, 0.6) is 11.5 Å². The molecule has 0 aliphatic heterocycles. The first-order chi connectivity index (χ1) is 12.2. The van der Waals surface area contributed by atoms with E-state index in [1.54, 1.807) is 26.0 Å². The van der Waals surface area contributed by atoms with Crippen LogP contribution in [0.2, 0.25) is 0 Å². The number of aromatic nitrogens is 3. The zero-order valence-corrected chi connectivity index (χ0v) is 15.2. The number of nitrogens with zero attached hydrogens (tertiary/aromatic N) is 2. The summed E-state index contributed by atoms with van der Waals surface area (Å²) in [5, 5.41) is 11.1. The first-order valence-electron chi connectivity index (χ1n) is 7.77. The summed E-state index contributed by atoms with van der Waals surface area (Å²) in [5.74, 6) is 3.10. The Morgan fingerprint density at radius 3 is 2.44 bits per heavy atom. The zero-order chi connectivity index (χ0) is 17.6. The molecule has 0 amide bonds. The smallest absolute Gasteiger partial charge is 0.223 e. The Labute approximate surface area is 151 Å². The Hall–Kier alpha value is -2.67. The van der Waals surface area contributed by atoms with Crippen LogP contribution in [0.1, 0.15) is 11.1 Å². The molecular formula is C18H20N4O2S. The van der Waals surface area contributed by atoms with Gasteiger partial charge in [-0.05, 0) is 48.4 Å². The van der Waals surface area contributed by atoms with Crippen LogP contribution in [-0.4, -0.2) is 29.4 Å². The molecule has 6 nitrogen and oxygen atoms in total. The van der Waals surface area contributed by atoms with Gasteiger partial charge in [-0.25, -0.2) is 5.10 Å². The van der Waals surface area contributed by atoms with Gasteiger partial charge >= 0.3 is 0 Å². The zero-order valence-electron chi connectivity index (χ0n) is 14.4. The summed E-state index contributed by atoms with van der Waals surface area (Å²) >= 11 is 1.57. The van der Waals surface area contributed by atoms with Gasteiger partial charge in [0.2, 0.25) is 11.1 Å². The van der Waals surface area contributed by atoms with Gasteiger partial charge < -0.3 is 14.8 Å². The second kappa shape index (κ2) is 7.94. The molecule has 1 heterocycles. The first kappa shape index (κ1) is 17.2. The Balaban J connectivity index is 1.60. The predicted octanol–water partition coefficient (Wildman–Crippen LogP) is 4.17. The van der Waals surface area contributed by atoms with Crippen LogP contribution in [0, 0.1) is 6.92 Å². The minimum absolute atomic E-state index is 0.616. The lowest BCUT2D eigenvalue weighted by Gasteiger charge is -2.08. The number of thioether (sulfide) groups is 1. The van der Waals surface area contributed by atoms with Crippen molar-refractivity contribution < 1.29 is 9.47 Å². The normalized spacial score (nSPS) is 10.5. The topological polar surface area (TPSA) is 72.1 Å². The molecule has 0 atom stereocenters. The maximum Gasteiger partial charge on any atom is 0.223 e. The molecule has 3 rings (SSSR count). The van der Waals surface area contributed by atoms with Crippen molar-refractivity contribution in [3.05, 3.63) is 53.6 Å². The number of methoxy groups -OCH3 is 2. The highest BCUT2D eigenvalue weighted by Crippen LogP contribution is 2.25. The highest BCUT2D eigenvalue weighted by Gasteiger charge is 2.07. The van der Waals surface area contributed by atoms with E-state index in [2.05, 4.69) is 20.5 Å². The second-order valence-corrected chi connectivity index (χ2v) is 6.35. The molecule has 0 fully saturated rings. The first-order valence-corrected chi connectivity index (χ1v) is 8.76. The van der Waals surface area contributed by atoms with Gasteiger partial charge in [-0.3, -0.25) is 0 Å². The Morgan fingerprint density at radius 1 is 1.04 bits per heavy atom. The maximum atomic E-state index is 5.22. The molecule has 25 heavy (non-hydrogen) atoms. The third-order valence-electron chi connectivity index (χ3n) is 3.68. The number of rotatable bonds is 7. The number of hydrogen-bond donors (Lipinski definition) is 2. The van der Waals surface area contributed by atoms with E-state index in [0.717, 1.165) is 28.5 Å². The van der Waals surface area contributed by atoms with Crippen LogP contribution in [0.15, 0.2) is 47.6 Å². The predicted molar refractivity (Wildman–Crippen MR) is 100.0 cm³/mol. The van der Waals surface area contributed by atoms with Crippen LogP contribution in [-0.2, 0) is 5.75 Å². The fraction of sp³-hybridized carbons (Fsp3) is 0.222. The van der Waals surface area contributed by atoms with Crippen molar-refractivity contribution in [2.45, 2.75) is 17.8 Å². The SMILES string of the molecule is COc1ccc(CSc2n[nH]c(Nc3ccc(OC)cc3C)n2)cc1. The van der Waals surface area contributed by atoms with E-state index in [4.69, 9.17) is 9.47 Å². The van der Waals surface area contributed by atoms with Gasteiger partial charge in [-0.1, -0.05) is 23.9 Å². The molecule has 0 saturated heterocycles. The number of ether oxygens (including phenoxy) is 2. The van der Waals surface area contributed by atoms with Crippen molar-refractivity contribution in [2.75, 3.05) is 19.5 Å². The van der Waals surface area contributed by atoms with E-state index in [-0.39, 0.29) is 0 Å². The van der Waals surface area contributed by atoms with Crippen molar-refractivity contribution in [1.82, 2.24) is 15.2 Å². The minimum atomic E-state index is 0.616. The van der Waals surface area contributed by atoms with Crippen molar-refractivity contribution in [1.29, 1.82) is 0 Å². The van der Waals surface area contributed by atoms with Gasteiger partial charge in [-0.2, -0.15) is 4.98 Å². The summed E-state index contributed by atoms with van der Waals surface area (Å²) < 4.78 is 10.4. The van der Waals surface area contributed by atoms with Crippen LogP contribution in [0.25, 0.3) is 0 Å². The molecule has 0 bridgehead atoms. The summed E-state index contributed by atoms with van der Waals surface area (Å²) in [6.45, 7) is 2.01. The Bertz CT molecular complexity index is 833. The molecule has 7 heteroatoms. The fourth-order valence-electron chi connectivity index (χ4n) is 2.27. The Morgan fingerprint density at radius 2 is 1.76 bits per heavy atom. The molecule has 0 spiro atoms. The number of H-pyrrole nitrogens is 1. The molecular weight excluding hydrogens is 336 g/mol. The van der Waals surface area contributed by atoms with E-state index in [1.807, 2.05) is 49.4 Å². The van der Waals surface area contributed by atoms with Gasteiger partial charge in [0.25, 0.3) is 0 Å². The summed E-state index contributed by atoms with van der Waals surface area (Å²) in [5.41, 5.74) is 3.22. The van der Waals surface area contributed by atoms with Gasteiger partial charge in [0, 0.05) is 11.4 Å². The van der Waals surface area contributed by atoms with Crippen LogP contribution in [0.4, 0.5) is 11.6 Å². The summed E-state index contributed by atoms with van der Waals surface area (Å²) in [7, 11) is 3.32. The van der Waals surface area contributed by atoms with Crippen molar-refractivity contribution in [3.63, 3.8) is 0 Å². The monoisotopic (exact) mass is 356 g/mol. The average molecular weight is 356 g/mol. The number of benzene rings is 2. The van der Waals surface area contributed by atoms with Crippen molar-refractivity contribution in [2.24, 2.45) is 0 Å². The lowest BCUT2D eigenvalue weighted by Crippen LogP contribution is -1.95. The minimum Gasteiger partial charge on any atom is -0.497 e. The molecule has 2 aromatic carbocycles. The molecule has 1 aromatic heterocycles. The lowest BCUT2D eigenvalue weighted by atomic mass is 10.2. The average Bonchev–Trinajstić information content (AvgIpc) is 3.09. The van der Waals surface area contributed by atoms with E-state index < -0.39 is 0 Å². The number of anilines is 2. The largest absolute Gasteiger partial charge is 0.497 e. The molecule has 0 unspecified atom stereocenters. The fourth-order valence-corrected chi connectivity index (χ4v) is 3.02. The molecule has 0 saturated carbocycles. The van der Waals surface area contributed by atoms with Gasteiger partial charge in [0.05, 0.1) is 14.2 Å². The Kier molecular flexibility index (Phi) is 5.45. The molecule has 0 radical (unpaired) electrons. The van der Waals surface area contributed by atoms with Crippen LogP contribution < -0.4 is 14.8 Å². The van der Waals surface area contributed by atoms with Crippen molar-refractivity contribution >= 4 is 23.4 Å².